The van der Waals surface area contributed by atoms with E-state index in [0.29, 0.717) is 13.1 Å². The minimum Gasteiger partial charge on any atom is -0.337 e. The lowest BCUT2D eigenvalue weighted by Crippen LogP contribution is -2.49. The Morgan fingerprint density at radius 3 is 2.72 bits per heavy atom. The highest BCUT2D eigenvalue weighted by molar-refractivity contribution is 6.30. The minimum absolute atomic E-state index is 0.0434. The molecule has 3 aromatic rings. The number of amides is 1. The Hall–Kier alpha value is -2.84. The first-order valence-electron chi connectivity index (χ1n) is 12.3. The number of carbonyl (C=O) groups is 1. The van der Waals surface area contributed by atoms with Crippen LogP contribution in [0.25, 0.3) is 16.5 Å². The summed E-state index contributed by atoms with van der Waals surface area (Å²) < 4.78 is 42.8. The van der Waals surface area contributed by atoms with Crippen LogP contribution >= 0.6 is 11.6 Å². The molecule has 0 spiro atoms. The molecule has 0 aliphatic carbocycles. The van der Waals surface area contributed by atoms with Crippen LogP contribution in [0.3, 0.4) is 0 Å². The number of carbonyl (C=O) groups excluding carboxylic acids is 1. The molecule has 1 aromatic heterocycles. The molecule has 3 heterocycles. The summed E-state index contributed by atoms with van der Waals surface area (Å²) in [6.07, 6.45) is 3.03. The number of benzene rings is 2. The van der Waals surface area contributed by atoms with Crippen LogP contribution in [0.5, 0.6) is 0 Å². The van der Waals surface area contributed by atoms with E-state index in [2.05, 4.69) is 16.5 Å². The molecule has 190 valence electrons. The fourth-order valence-corrected chi connectivity index (χ4v) is 5.40. The van der Waals surface area contributed by atoms with Gasteiger partial charge in [-0.25, -0.2) is 0 Å². The van der Waals surface area contributed by atoms with Crippen molar-refractivity contribution in [2.24, 2.45) is 0 Å². The van der Waals surface area contributed by atoms with Crippen LogP contribution in [0.1, 0.15) is 55.3 Å². The van der Waals surface area contributed by atoms with Crippen molar-refractivity contribution < 1.29 is 18.0 Å². The van der Waals surface area contributed by atoms with Gasteiger partial charge in [0.2, 0.25) is 5.91 Å². The Morgan fingerprint density at radius 2 is 2.03 bits per heavy atom. The van der Waals surface area contributed by atoms with Gasteiger partial charge in [0, 0.05) is 23.5 Å². The van der Waals surface area contributed by atoms with E-state index in [9.17, 15) is 18.0 Å². The maximum absolute atomic E-state index is 13.7. The number of rotatable bonds is 4. The molecule has 2 atom stereocenters. The second-order valence-corrected chi connectivity index (χ2v) is 9.97. The third-order valence-corrected chi connectivity index (χ3v) is 7.47. The Labute approximate surface area is 212 Å². The first-order chi connectivity index (χ1) is 17.2. The van der Waals surface area contributed by atoms with Gasteiger partial charge in [-0.05, 0) is 67.6 Å². The van der Waals surface area contributed by atoms with E-state index < -0.39 is 17.8 Å². The summed E-state index contributed by atoms with van der Waals surface area (Å²) in [6.45, 7) is 3.80. The molecule has 1 N–H and O–H groups in total. The monoisotopic (exact) mass is 516 g/mol. The number of nitrogens with zero attached hydrogens (tertiary/aromatic N) is 3. The smallest absolute Gasteiger partial charge is 0.337 e. The van der Waals surface area contributed by atoms with Gasteiger partial charge in [0.1, 0.15) is 0 Å². The second-order valence-electron chi connectivity index (χ2n) is 9.53. The summed E-state index contributed by atoms with van der Waals surface area (Å²) in [4.78, 5) is 14.7. The van der Waals surface area contributed by atoms with Crippen LogP contribution in [0.15, 0.2) is 48.7 Å². The fraction of sp³-hybridized carbons (Fsp3) is 0.407. The largest absolute Gasteiger partial charge is 0.416 e. The topological polar surface area (TPSA) is 50.2 Å². The number of fused-ring (bicyclic) bond motifs is 1. The van der Waals surface area contributed by atoms with Crippen molar-refractivity contribution in [2.45, 2.75) is 50.9 Å². The van der Waals surface area contributed by atoms with Crippen molar-refractivity contribution in [2.75, 3.05) is 19.6 Å². The van der Waals surface area contributed by atoms with E-state index in [0.717, 1.165) is 60.3 Å². The highest BCUT2D eigenvalue weighted by Gasteiger charge is 2.35. The lowest BCUT2D eigenvalue weighted by atomic mass is 9.97. The zero-order valence-corrected chi connectivity index (χ0v) is 20.7. The lowest BCUT2D eigenvalue weighted by Gasteiger charge is -2.32. The number of aromatic nitrogens is 2. The molecule has 1 amide bonds. The molecule has 2 aromatic carbocycles. The Balaban J connectivity index is 1.41. The highest BCUT2D eigenvalue weighted by atomic mass is 35.5. The molecule has 9 heteroatoms. The molecule has 5 nitrogen and oxygen atoms in total. The predicted octanol–water partition coefficient (Wildman–Crippen LogP) is 6.08. The average molecular weight is 517 g/mol. The summed E-state index contributed by atoms with van der Waals surface area (Å²) in [5.41, 5.74) is 2.24. The zero-order valence-electron chi connectivity index (χ0n) is 20.0. The molecule has 5 rings (SSSR count). The SMILES string of the molecule is CC(c1ccc(Cl)cc1C(F)(F)F)n1ncc2ccc(C3=CCN(C(=O)C4CCCCN4)CC3)cc21. The van der Waals surface area contributed by atoms with Crippen molar-refractivity contribution in [3.05, 3.63) is 70.4 Å². The lowest BCUT2D eigenvalue weighted by molar-refractivity contribution is -0.138. The molecule has 1 saturated heterocycles. The van der Waals surface area contributed by atoms with Gasteiger partial charge in [-0.3, -0.25) is 9.48 Å². The van der Waals surface area contributed by atoms with E-state index in [1.807, 2.05) is 23.1 Å². The average Bonchev–Trinajstić information content (AvgIpc) is 3.31. The van der Waals surface area contributed by atoms with Crippen molar-refractivity contribution in [3.8, 4) is 0 Å². The van der Waals surface area contributed by atoms with E-state index in [-0.39, 0.29) is 22.5 Å². The van der Waals surface area contributed by atoms with Crippen molar-refractivity contribution in [1.29, 1.82) is 0 Å². The quantitative estimate of drug-likeness (QED) is 0.457. The van der Waals surface area contributed by atoms with Gasteiger partial charge in [0.05, 0.1) is 29.4 Å². The maximum Gasteiger partial charge on any atom is 0.416 e. The fourth-order valence-electron chi connectivity index (χ4n) is 5.23. The molecule has 2 aliphatic heterocycles. The standard InChI is InChI=1S/C27H28ClF3N4O/c1-17(22-8-7-21(28)15-23(22)27(29,30)31)35-25-14-19(5-6-20(25)16-33-35)18-9-12-34(13-10-18)26(36)24-4-2-3-11-32-24/h5-9,14-17,24,32H,2-4,10-13H2,1H3. The van der Waals surface area contributed by atoms with Gasteiger partial charge < -0.3 is 10.2 Å². The summed E-state index contributed by atoms with van der Waals surface area (Å²) >= 11 is 5.87. The number of hydrogen-bond donors (Lipinski definition) is 1. The Morgan fingerprint density at radius 1 is 1.19 bits per heavy atom. The third kappa shape index (κ3) is 4.89. The summed E-state index contributed by atoms with van der Waals surface area (Å²) in [6, 6.07) is 9.05. The van der Waals surface area contributed by atoms with Crippen LogP contribution in [0, 0.1) is 0 Å². The second kappa shape index (κ2) is 9.90. The van der Waals surface area contributed by atoms with E-state index in [1.165, 1.54) is 12.1 Å². The van der Waals surface area contributed by atoms with Gasteiger partial charge in [0.25, 0.3) is 0 Å². The molecule has 0 saturated carbocycles. The molecule has 1 fully saturated rings. The zero-order chi connectivity index (χ0) is 25.4. The van der Waals surface area contributed by atoms with Crippen molar-refractivity contribution in [3.63, 3.8) is 0 Å². The molecular weight excluding hydrogens is 489 g/mol. The van der Waals surface area contributed by atoms with Gasteiger partial charge in [0.15, 0.2) is 0 Å². The van der Waals surface area contributed by atoms with Crippen LogP contribution in [0.4, 0.5) is 13.2 Å². The van der Waals surface area contributed by atoms with Crippen LogP contribution in [-0.4, -0.2) is 46.3 Å². The molecule has 0 radical (unpaired) electrons. The van der Waals surface area contributed by atoms with Gasteiger partial charge >= 0.3 is 6.18 Å². The van der Waals surface area contributed by atoms with E-state index >= 15 is 0 Å². The van der Waals surface area contributed by atoms with Gasteiger partial charge in [-0.1, -0.05) is 42.3 Å². The summed E-state index contributed by atoms with van der Waals surface area (Å²) in [5, 5.41) is 8.65. The summed E-state index contributed by atoms with van der Waals surface area (Å²) in [7, 11) is 0. The normalized spacial score (nSPS) is 19.9. The van der Waals surface area contributed by atoms with Crippen LogP contribution in [0.2, 0.25) is 5.02 Å². The van der Waals surface area contributed by atoms with Crippen molar-refractivity contribution >= 4 is 34.0 Å². The third-order valence-electron chi connectivity index (χ3n) is 7.24. The number of nitrogens with one attached hydrogen (secondary N) is 1. The number of hydrogen-bond acceptors (Lipinski definition) is 3. The maximum atomic E-state index is 13.7. The van der Waals surface area contributed by atoms with Gasteiger partial charge in [-0.15, -0.1) is 0 Å². The molecule has 2 unspecified atom stereocenters. The predicted molar refractivity (Wildman–Crippen MR) is 135 cm³/mol. The Bertz CT molecular complexity index is 1310. The van der Waals surface area contributed by atoms with E-state index in [1.54, 1.807) is 17.8 Å². The van der Waals surface area contributed by atoms with Crippen LogP contribution < -0.4 is 5.32 Å². The minimum atomic E-state index is -4.52. The molecule has 0 bridgehead atoms. The number of halogens is 4. The summed E-state index contributed by atoms with van der Waals surface area (Å²) in [5.74, 6) is 0.163. The Kier molecular flexibility index (Phi) is 6.83. The van der Waals surface area contributed by atoms with Gasteiger partial charge in [-0.2, -0.15) is 18.3 Å². The van der Waals surface area contributed by atoms with Crippen LogP contribution in [-0.2, 0) is 11.0 Å². The first-order valence-corrected chi connectivity index (χ1v) is 12.7. The van der Waals surface area contributed by atoms with Crippen molar-refractivity contribution in [1.82, 2.24) is 20.0 Å². The molecule has 36 heavy (non-hydrogen) atoms. The number of alkyl halides is 3. The number of piperidine rings is 1. The van der Waals surface area contributed by atoms with E-state index in [4.69, 9.17) is 11.6 Å². The first kappa shape index (κ1) is 24.8. The molecule has 2 aliphatic rings. The highest BCUT2D eigenvalue weighted by Crippen LogP contribution is 2.38. The molecular formula is C27H28ClF3N4O.